The van der Waals surface area contributed by atoms with Gasteiger partial charge >= 0.3 is 52.2 Å². The standard InChI is InChI=1S/C9H16N3O14P3.Mg.2H/c10-5-1-2-12(9(15)11-5)8-7(14)6(13)4(24-8)3-23-28(19,20)26-29(21,22)25-27(16,17)18;;;/h1-2,4,6-8,13-14H,3H2,(H,19,20)(H,21,22)(H2,10,11,15)(H2,16,17,18);;;/q;+2;2*-1/t4-,6?,7?,8-;;;/m1.../s1. The number of aliphatic hydroxyl groups excluding tert-OH is 2. The largest absolute Gasteiger partial charge is 2.00 e. The average molecular weight is 509 g/mol. The van der Waals surface area contributed by atoms with Crippen molar-refractivity contribution in [1.82, 2.24) is 9.55 Å². The van der Waals surface area contributed by atoms with E-state index in [4.69, 9.17) is 25.2 Å². The van der Waals surface area contributed by atoms with Gasteiger partial charge in [0, 0.05) is 6.20 Å². The summed E-state index contributed by atoms with van der Waals surface area (Å²) in [5.74, 6) is -0.122. The van der Waals surface area contributed by atoms with Crippen molar-refractivity contribution >= 4 is 52.3 Å². The number of aliphatic hydroxyl groups is 2. The number of aromatic nitrogens is 2. The van der Waals surface area contributed by atoms with Gasteiger partial charge in [-0.3, -0.25) is 9.09 Å². The van der Waals surface area contributed by atoms with Crippen molar-refractivity contribution in [1.29, 1.82) is 0 Å². The minimum absolute atomic E-state index is 0. The van der Waals surface area contributed by atoms with Crippen molar-refractivity contribution < 1.29 is 64.2 Å². The second-order valence-electron chi connectivity index (χ2n) is 5.48. The quantitative estimate of drug-likeness (QED) is 0.142. The van der Waals surface area contributed by atoms with Crippen molar-refractivity contribution in [2.75, 3.05) is 12.3 Å². The Morgan fingerprint density at radius 1 is 1.13 bits per heavy atom. The Kier molecular flexibility index (Phi) is 9.37. The van der Waals surface area contributed by atoms with Gasteiger partial charge in [-0.05, 0) is 6.07 Å². The van der Waals surface area contributed by atoms with E-state index in [9.17, 15) is 33.6 Å². The molecule has 1 fully saturated rings. The van der Waals surface area contributed by atoms with Crippen LogP contribution in [0.25, 0.3) is 0 Å². The summed E-state index contributed by atoms with van der Waals surface area (Å²) in [6.07, 6.45) is -5.38. The van der Waals surface area contributed by atoms with Gasteiger partial charge in [0.15, 0.2) is 6.23 Å². The van der Waals surface area contributed by atoms with E-state index < -0.39 is 60.3 Å². The molecule has 0 bridgehead atoms. The van der Waals surface area contributed by atoms with Gasteiger partial charge in [-0.15, -0.1) is 0 Å². The number of hydrogen-bond donors (Lipinski definition) is 7. The molecule has 21 heteroatoms. The molecule has 0 amide bonds. The molecule has 1 aliphatic heterocycles. The monoisotopic (exact) mass is 509 g/mol. The number of phosphoric acid groups is 3. The molecular weight excluding hydrogens is 491 g/mol. The van der Waals surface area contributed by atoms with Crippen LogP contribution in [-0.4, -0.2) is 87.3 Å². The molecule has 0 radical (unpaired) electrons. The van der Waals surface area contributed by atoms with Crippen molar-refractivity contribution in [2.45, 2.75) is 24.5 Å². The SMILES string of the molecule is Nc1ccn([C@@H]2O[C@H](COP(=O)(O)OP(=O)(O)OP(=O)(O)O)C(O)C2O)c(=O)n1.[H-].[H-].[Mg+2]. The third-order valence-corrected chi connectivity index (χ3v) is 7.08. The first kappa shape index (κ1) is 27.8. The van der Waals surface area contributed by atoms with Crippen LogP contribution in [0.15, 0.2) is 17.1 Å². The molecule has 30 heavy (non-hydrogen) atoms. The van der Waals surface area contributed by atoms with Crippen LogP contribution in [-0.2, 0) is 31.6 Å². The van der Waals surface area contributed by atoms with E-state index in [2.05, 4.69) is 18.1 Å². The van der Waals surface area contributed by atoms with Crippen LogP contribution in [0, 0.1) is 0 Å². The maximum Gasteiger partial charge on any atom is 2.00 e. The summed E-state index contributed by atoms with van der Waals surface area (Å²) >= 11 is 0. The molecule has 170 valence electrons. The van der Waals surface area contributed by atoms with Crippen LogP contribution in [0.2, 0.25) is 0 Å². The molecule has 0 spiro atoms. The van der Waals surface area contributed by atoms with Gasteiger partial charge in [0.25, 0.3) is 0 Å². The molecule has 0 aliphatic carbocycles. The zero-order valence-corrected chi connectivity index (χ0v) is 18.7. The van der Waals surface area contributed by atoms with Crippen LogP contribution in [0.3, 0.4) is 0 Å². The van der Waals surface area contributed by atoms with E-state index in [1.807, 2.05) is 0 Å². The van der Waals surface area contributed by atoms with Gasteiger partial charge in [0.1, 0.15) is 24.1 Å². The van der Waals surface area contributed by atoms with Gasteiger partial charge in [-0.1, -0.05) is 0 Å². The number of phosphoric ester groups is 1. The number of nitrogens with zero attached hydrogens (tertiary/aromatic N) is 2. The normalized spacial score (nSPS) is 28.3. The first-order chi connectivity index (χ1) is 13.1. The first-order valence-corrected chi connectivity index (χ1v) is 11.8. The van der Waals surface area contributed by atoms with Gasteiger partial charge in [0.05, 0.1) is 6.61 Å². The van der Waals surface area contributed by atoms with Crippen LogP contribution < -0.4 is 11.4 Å². The predicted octanol–water partition coefficient (Wildman–Crippen LogP) is -2.37. The number of ether oxygens (including phenoxy) is 1. The zero-order chi connectivity index (χ0) is 22.2. The second-order valence-corrected chi connectivity index (χ2v) is 9.90. The van der Waals surface area contributed by atoms with Crippen LogP contribution in [0.4, 0.5) is 5.82 Å². The molecule has 17 nitrogen and oxygen atoms in total. The molecule has 6 atom stereocenters. The molecule has 2 rings (SSSR count). The molecule has 4 unspecified atom stereocenters. The van der Waals surface area contributed by atoms with E-state index >= 15 is 0 Å². The first-order valence-electron chi connectivity index (χ1n) is 7.25. The Labute approximate surface area is 186 Å². The summed E-state index contributed by atoms with van der Waals surface area (Å²) in [7, 11) is -16.7. The minimum Gasteiger partial charge on any atom is -1.00 e. The number of nitrogen functional groups attached to an aromatic ring is 1. The van der Waals surface area contributed by atoms with Crippen LogP contribution in [0.5, 0.6) is 0 Å². The molecular formula is C9H18MgN3O14P3. The minimum atomic E-state index is -5.71. The van der Waals surface area contributed by atoms with Gasteiger partial charge in [-0.2, -0.15) is 13.6 Å². The average Bonchev–Trinajstić information content (AvgIpc) is 2.78. The molecule has 1 aromatic heterocycles. The van der Waals surface area contributed by atoms with Gasteiger partial charge in [-0.25, -0.2) is 18.5 Å². The van der Waals surface area contributed by atoms with E-state index in [1.165, 1.54) is 6.07 Å². The van der Waals surface area contributed by atoms with Crippen LogP contribution >= 0.6 is 23.5 Å². The van der Waals surface area contributed by atoms with E-state index in [1.54, 1.807) is 0 Å². The topological polar surface area (TPSA) is 270 Å². The molecule has 2 heterocycles. The summed E-state index contributed by atoms with van der Waals surface area (Å²) in [6, 6.07) is 1.20. The smallest absolute Gasteiger partial charge is 1.00 e. The molecule has 1 aliphatic rings. The summed E-state index contributed by atoms with van der Waals surface area (Å²) in [5.41, 5.74) is 4.39. The molecule has 0 aromatic carbocycles. The Morgan fingerprint density at radius 2 is 1.73 bits per heavy atom. The summed E-state index contributed by atoms with van der Waals surface area (Å²) in [4.78, 5) is 50.5. The fraction of sp³-hybridized carbons (Fsp3) is 0.556. The third-order valence-electron chi connectivity index (χ3n) is 3.28. The molecule has 1 aromatic rings. The number of rotatable bonds is 8. The van der Waals surface area contributed by atoms with Gasteiger partial charge < -0.3 is 43.1 Å². The van der Waals surface area contributed by atoms with Crippen molar-refractivity contribution in [2.24, 2.45) is 0 Å². The molecule has 8 N–H and O–H groups in total. The fourth-order valence-corrected chi connectivity index (χ4v) is 5.22. The second kappa shape index (κ2) is 10.1. The number of anilines is 1. The summed E-state index contributed by atoms with van der Waals surface area (Å²) in [5, 5.41) is 20.0. The van der Waals surface area contributed by atoms with E-state index in [-0.39, 0.29) is 31.7 Å². The van der Waals surface area contributed by atoms with Crippen molar-refractivity contribution in [3.05, 3.63) is 22.7 Å². The summed E-state index contributed by atoms with van der Waals surface area (Å²) < 4.78 is 50.8. The van der Waals surface area contributed by atoms with Crippen molar-refractivity contribution in [3.63, 3.8) is 0 Å². The third kappa shape index (κ3) is 7.70. The molecule has 0 saturated carbocycles. The predicted molar refractivity (Wildman–Crippen MR) is 96.6 cm³/mol. The van der Waals surface area contributed by atoms with Crippen LogP contribution in [0.1, 0.15) is 9.08 Å². The maximum atomic E-state index is 11.8. The van der Waals surface area contributed by atoms with E-state index in [0.29, 0.717) is 0 Å². The Balaban J connectivity index is 0. The zero-order valence-electron chi connectivity index (χ0n) is 16.6. The summed E-state index contributed by atoms with van der Waals surface area (Å²) in [6.45, 7) is -1.02. The number of hydrogen-bond acceptors (Lipinski definition) is 12. The Bertz CT molecular complexity index is 963. The Hall–Kier alpha value is -0.264. The van der Waals surface area contributed by atoms with Gasteiger partial charge in [0.2, 0.25) is 0 Å². The molecule has 1 saturated heterocycles. The Morgan fingerprint density at radius 3 is 2.27 bits per heavy atom. The van der Waals surface area contributed by atoms with E-state index in [0.717, 1.165) is 10.8 Å². The van der Waals surface area contributed by atoms with Crippen molar-refractivity contribution in [3.8, 4) is 0 Å². The number of nitrogens with two attached hydrogens (primary N) is 1. The fourth-order valence-electron chi connectivity index (χ4n) is 2.19. The maximum absolute atomic E-state index is 11.8.